The van der Waals surface area contributed by atoms with Crippen molar-refractivity contribution in [2.75, 3.05) is 6.54 Å². The topological polar surface area (TPSA) is 79.4 Å². The number of nitrogens with two attached hydrogens (primary N) is 1. The van der Waals surface area contributed by atoms with Gasteiger partial charge in [0.2, 0.25) is 0 Å². The Morgan fingerprint density at radius 1 is 1.44 bits per heavy atom. The van der Waals surface area contributed by atoms with Crippen molar-refractivity contribution >= 4 is 11.9 Å². The van der Waals surface area contributed by atoms with E-state index < -0.39 is 5.60 Å². The standard InChI is InChI=1S/C11H21N3O2/c1-11(2,3)16-10(15)14-7-5-4-6-8(14)9(12)13/h8H,4-7H2,1-3H3,(H3,12,13)/t8-/m1/s1. The fourth-order valence-corrected chi connectivity index (χ4v) is 1.79. The van der Waals surface area contributed by atoms with E-state index in [2.05, 4.69) is 0 Å². The zero-order valence-electron chi connectivity index (χ0n) is 10.2. The van der Waals surface area contributed by atoms with Gasteiger partial charge < -0.3 is 10.5 Å². The minimum absolute atomic E-state index is 0.0468. The summed E-state index contributed by atoms with van der Waals surface area (Å²) >= 11 is 0. The Hall–Kier alpha value is -1.26. The SMILES string of the molecule is CC(C)(C)OC(=O)N1CCCC[C@@H]1C(=N)N. The van der Waals surface area contributed by atoms with E-state index in [4.69, 9.17) is 15.9 Å². The summed E-state index contributed by atoms with van der Waals surface area (Å²) in [4.78, 5) is 13.4. The van der Waals surface area contributed by atoms with Gasteiger partial charge in [0.25, 0.3) is 0 Å². The van der Waals surface area contributed by atoms with Crippen LogP contribution in [0.4, 0.5) is 4.79 Å². The van der Waals surface area contributed by atoms with E-state index in [0.29, 0.717) is 6.54 Å². The third kappa shape index (κ3) is 3.40. The Balaban J connectivity index is 2.68. The van der Waals surface area contributed by atoms with Crippen molar-refractivity contribution in [3.05, 3.63) is 0 Å². The molecule has 0 bridgehead atoms. The number of carbonyl (C=O) groups excluding carboxylic acids is 1. The number of nitrogens with one attached hydrogen (secondary N) is 1. The maximum absolute atomic E-state index is 11.9. The molecule has 1 aliphatic rings. The van der Waals surface area contributed by atoms with Crippen LogP contribution < -0.4 is 5.73 Å². The van der Waals surface area contributed by atoms with Crippen molar-refractivity contribution < 1.29 is 9.53 Å². The van der Waals surface area contributed by atoms with Gasteiger partial charge in [-0.15, -0.1) is 0 Å². The summed E-state index contributed by atoms with van der Waals surface area (Å²) in [5.41, 5.74) is 4.99. The van der Waals surface area contributed by atoms with Crippen LogP contribution in [0.15, 0.2) is 0 Å². The van der Waals surface area contributed by atoms with Crippen LogP contribution in [0, 0.1) is 5.41 Å². The largest absolute Gasteiger partial charge is 0.444 e. The predicted molar refractivity (Wildman–Crippen MR) is 62.5 cm³/mol. The lowest BCUT2D eigenvalue weighted by molar-refractivity contribution is 0.0165. The van der Waals surface area contributed by atoms with Gasteiger partial charge in [-0.25, -0.2) is 4.79 Å². The number of rotatable bonds is 1. The Bertz CT molecular complexity index is 283. The molecule has 0 aromatic carbocycles. The Morgan fingerprint density at radius 2 is 2.06 bits per heavy atom. The molecule has 5 nitrogen and oxygen atoms in total. The maximum Gasteiger partial charge on any atom is 0.410 e. The molecule has 0 aliphatic carbocycles. The summed E-state index contributed by atoms with van der Waals surface area (Å²) < 4.78 is 5.29. The Morgan fingerprint density at radius 3 is 2.56 bits per heavy atom. The fourth-order valence-electron chi connectivity index (χ4n) is 1.79. The molecule has 1 saturated heterocycles. The number of amides is 1. The normalized spacial score (nSPS) is 21.7. The molecule has 1 atom stereocenters. The summed E-state index contributed by atoms with van der Waals surface area (Å²) in [5, 5.41) is 7.47. The summed E-state index contributed by atoms with van der Waals surface area (Å²) in [7, 11) is 0. The molecule has 1 amide bonds. The van der Waals surface area contributed by atoms with Gasteiger partial charge in [0.15, 0.2) is 0 Å². The second kappa shape index (κ2) is 4.72. The number of hydrogen-bond donors (Lipinski definition) is 2. The van der Waals surface area contributed by atoms with Crippen molar-refractivity contribution in [1.82, 2.24) is 4.90 Å². The van der Waals surface area contributed by atoms with Crippen LogP contribution in [0.1, 0.15) is 40.0 Å². The quantitative estimate of drug-likeness (QED) is 0.528. The van der Waals surface area contributed by atoms with Gasteiger partial charge in [-0.1, -0.05) is 0 Å². The summed E-state index contributed by atoms with van der Waals surface area (Å²) in [6, 6.07) is -0.288. The zero-order chi connectivity index (χ0) is 12.3. The molecule has 0 spiro atoms. The van der Waals surface area contributed by atoms with Crippen LogP contribution >= 0.6 is 0 Å². The van der Waals surface area contributed by atoms with Gasteiger partial charge in [-0.2, -0.15) is 0 Å². The first-order valence-electron chi connectivity index (χ1n) is 5.65. The lowest BCUT2D eigenvalue weighted by Gasteiger charge is -2.35. The number of carbonyl (C=O) groups is 1. The highest BCUT2D eigenvalue weighted by molar-refractivity contribution is 5.86. The van der Waals surface area contributed by atoms with Crippen LogP contribution in [-0.4, -0.2) is 35.0 Å². The molecule has 0 aromatic rings. The maximum atomic E-state index is 11.9. The molecule has 1 aliphatic heterocycles. The predicted octanol–water partition coefficient (Wildman–Crippen LogP) is 1.71. The van der Waals surface area contributed by atoms with Gasteiger partial charge in [-0.3, -0.25) is 10.3 Å². The molecule has 1 heterocycles. The molecule has 0 unspecified atom stereocenters. The van der Waals surface area contributed by atoms with Crippen LogP contribution in [-0.2, 0) is 4.74 Å². The first kappa shape index (κ1) is 12.8. The number of piperidine rings is 1. The fraction of sp³-hybridized carbons (Fsp3) is 0.818. The molecule has 0 radical (unpaired) electrons. The smallest absolute Gasteiger partial charge is 0.410 e. The second-order valence-corrected chi connectivity index (χ2v) is 5.14. The van der Waals surface area contributed by atoms with E-state index in [1.54, 1.807) is 4.90 Å². The average molecular weight is 227 g/mol. The number of nitrogens with zero attached hydrogens (tertiary/aromatic N) is 1. The van der Waals surface area contributed by atoms with E-state index in [1.807, 2.05) is 20.8 Å². The van der Waals surface area contributed by atoms with Gasteiger partial charge in [0, 0.05) is 6.54 Å². The molecule has 5 heteroatoms. The van der Waals surface area contributed by atoms with E-state index >= 15 is 0 Å². The van der Waals surface area contributed by atoms with Crippen molar-refractivity contribution in [2.45, 2.75) is 51.7 Å². The average Bonchev–Trinajstić information content (AvgIpc) is 2.15. The number of hydrogen-bond acceptors (Lipinski definition) is 3. The number of amidine groups is 1. The van der Waals surface area contributed by atoms with Crippen molar-refractivity contribution in [1.29, 1.82) is 5.41 Å². The van der Waals surface area contributed by atoms with Crippen LogP contribution in [0.25, 0.3) is 0 Å². The highest BCUT2D eigenvalue weighted by atomic mass is 16.6. The number of ether oxygens (including phenoxy) is 1. The first-order valence-corrected chi connectivity index (χ1v) is 5.65. The molecular weight excluding hydrogens is 206 g/mol. The van der Waals surface area contributed by atoms with Gasteiger partial charge in [0.1, 0.15) is 11.4 Å². The third-order valence-corrected chi connectivity index (χ3v) is 2.49. The van der Waals surface area contributed by atoms with Gasteiger partial charge in [-0.05, 0) is 40.0 Å². The monoisotopic (exact) mass is 227 g/mol. The first-order chi connectivity index (χ1) is 7.31. The van der Waals surface area contributed by atoms with Gasteiger partial charge in [0.05, 0.1) is 6.04 Å². The molecule has 16 heavy (non-hydrogen) atoms. The van der Waals surface area contributed by atoms with E-state index in [1.165, 1.54) is 0 Å². The molecule has 1 fully saturated rings. The Labute approximate surface area is 96.4 Å². The minimum Gasteiger partial charge on any atom is -0.444 e. The van der Waals surface area contributed by atoms with Crippen molar-refractivity contribution in [2.24, 2.45) is 5.73 Å². The molecule has 1 rings (SSSR count). The van der Waals surface area contributed by atoms with Crippen LogP contribution in [0.2, 0.25) is 0 Å². The van der Waals surface area contributed by atoms with Crippen molar-refractivity contribution in [3.63, 3.8) is 0 Å². The second-order valence-electron chi connectivity index (χ2n) is 5.14. The van der Waals surface area contributed by atoms with E-state index in [9.17, 15) is 4.79 Å². The third-order valence-electron chi connectivity index (χ3n) is 2.49. The lowest BCUT2D eigenvalue weighted by Crippen LogP contribution is -2.51. The number of likely N-dealkylation sites (tertiary alicyclic amines) is 1. The van der Waals surface area contributed by atoms with Crippen molar-refractivity contribution in [3.8, 4) is 0 Å². The van der Waals surface area contributed by atoms with E-state index in [0.717, 1.165) is 19.3 Å². The van der Waals surface area contributed by atoms with Crippen LogP contribution in [0.3, 0.4) is 0 Å². The summed E-state index contributed by atoms with van der Waals surface area (Å²) in [6.45, 7) is 6.12. The summed E-state index contributed by atoms with van der Waals surface area (Å²) in [6.07, 6.45) is 2.34. The minimum atomic E-state index is -0.504. The Kier molecular flexibility index (Phi) is 3.78. The summed E-state index contributed by atoms with van der Waals surface area (Å²) in [5.74, 6) is 0.0468. The van der Waals surface area contributed by atoms with Crippen LogP contribution in [0.5, 0.6) is 0 Å². The molecular formula is C11H21N3O2. The molecule has 92 valence electrons. The highest BCUT2D eigenvalue weighted by Gasteiger charge is 2.31. The highest BCUT2D eigenvalue weighted by Crippen LogP contribution is 2.20. The molecule has 0 saturated carbocycles. The zero-order valence-corrected chi connectivity index (χ0v) is 10.2. The van der Waals surface area contributed by atoms with E-state index in [-0.39, 0.29) is 18.0 Å². The molecule has 0 aromatic heterocycles. The molecule has 3 N–H and O–H groups in total. The lowest BCUT2D eigenvalue weighted by atomic mass is 10.0. The van der Waals surface area contributed by atoms with Gasteiger partial charge >= 0.3 is 6.09 Å².